The van der Waals surface area contributed by atoms with E-state index < -0.39 is 0 Å². The molecule has 3 aromatic carbocycles. The van der Waals surface area contributed by atoms with E-state index >= 15 is 0 Å². The number of pyridine rings is 1. The van der Waals surface area contributed by atoms with Gasteiger partial charge in [-0.1, -0.05) is 24.3 Å². The molecule has 4 heteroatoms. The molecule has 4 rings (SSSR count). The van der Waals surface area contributed by atoms with Crippen LogP contribution in [-0.2, 0) is 0 Å². The standard InChI is InChI=1S/C17H11NO3/c19-11-7-14-16(15(20)8-11)17(21)12-5-9-3-1-2-4-10(9)6-13(12)18-14/h1-8,19-20H,(H,18,21). The van der Waals surface area contributed by atoms with E-state index in [1.807, 2.05) is 36.4 Å². The van der Waals surface area contributed by atoms with Crippen LogP contribution in [0.2, 0.25) is 0 Å². The van der Waals surface area contributed by atoms with Gasteiger partial charge in [0.05, 0.1) is 16.4 Å². The summed E-state index contributed by atoms with van der Waals surface area (Å²) >= 11 is 0. The fourth-order valence-corrected chi connectivity index (χ4v) is 2.76. The van der Waals surface area contributed by atoms with Crippen molar-refractivity contribution in [1.29, 1.82) is 0 Å². The molecular weight excluding hydrogens is 266 g/mol. The number of rotatable bonds is 0. The van der Waals surface area contributed by atoms with Crippen LogP contribution in [0.15, 0.2) is 53.3 Å². The van der Waals surface area contributed by atoms with Gasteiger partial charge in [0.15, 0.2) is 0 Å². The number of phenolic OH excluding ortho intramolecular Hbond substituents is 2. The Bertz CT molecular complexity index is 1080. The minimum absolute atomic E-state index is 0.0872. The lowest BCUT2D eigenvalue weighted by molar-refractivity contribution is 0.455. The second-order valence-electron chi connectivity index (χ2n) is 5.09. The first kappa shape index (κ1) is 11.8. The molecule has 0 atom stereocenters. The molecule has 0 aliphatic carbocycles. The van der Waals surface area contributed by atoms with Crippen LogP contribution >= 0.6 is 0 Å². The summed E-state index contributed by atoms with van der Waals surface area (Å²) in [5.74, 6) is -0.308. The summed E-state index contributed by atoms with van der Waals surface area (Å²) in [6, 6.07) is 14.1. The quantitative estimate of drug-likeness (QED) is 0.432. The Balaban J connectivity index is 2.28. The van der Waals surface area contributed by atoms with Crippen molar-refractivity contribution in [1.82, 2.24) is 4.98 Å². The van der Waals surface area contributed by atoms with Gasteiger partial charge in [-0.3, -0.25) is 4.79 Å². The van der Waals surface area contributed by atoms with Crippen molar-refractivity contribution in [2.24, 2.45) is 0 Å². The molecule has 0 saturated heterocycles. The zero-order chi connectivity index (χ0) is 14.6. The van der Waals surface area contributed by atoms with Crippen LogP contribution in [0.5, 0.6) is 11.5 Å². The molecule has 4 nitrogen and oxygen atoms in total. The van der Waals surface area contributed by atoms with Gasteiger partial charge in [-0.15, -0.1) is 0 Å². The summed E-state index contributed by atoms with van der Waals surface area (Å²) in [6.45, 7) is 0. The summed E-state index contributed by atoms with van der Waals surface area (Å²) in [6.07, 6.45) is 0. The highest BCUT2D eigenvalue weighted by molar-refractivity contribution is 6.02. The van der Waals surface area contributed by atoms with Crippen LogP contribution in [-0.4, -0.2) is 15.2 Å². The predicted octanol–water partition coefficient (Wildman–Crippen LogP) is 3.25. The van der Waals surface area contributed by atoms with E-state index in [1.165, 1.54) is 12.1 Å². The maximum Gasteiger partial charge on any atom is 0.200 e. The molecule has 0 bridgehead atoms. The molecule has 3 N–H and O–H groups in total. The Hall–Kier alpha value is -3.01. The summed E-state index contributed by atoms with van der Waals surface area (Å²) in [5, 5.41) is 22.2. The van der Waals surface area contributed by atoms with E-state index in [1.54, 1.807) is 0 Å². The lowest BCUT2D eigenvalue weighted by atomic mass is 10.0. The number of phenols is 2. The van der Waals surface area contributed by atoms with Crippen LogP contribution in [0.3, 0.4) is 0 Å². The monoisotopic (exact) mass is 277 g/mol. The second kappa shape index (κ2) is 3.99. The first-order valence-electron chi connectivity index (χ1n) is 6.54. The minimum Gasteiger partial charge on any atom is -0.508 e. The summed E-state index contributed by atoms with van der Waals surface area (Å²) < 4.78 is 0. The number of aromatic hydroxyl groups is 2. The molecule has 0 radical (unpaired) electrons. The third kappa shape index (κ3) is 1.66. The Kier molecular flexibility index (Phi) is 2.24. The summed E-state index contributed by atoms with van der Waals surface area (Å²) in [7, 11) is 0. The molecule has 0 saturated carbocycles. The Morgan fingerprint density at radius 1 is 0.857 bits per heavy atom. The number of benzene rings is 3. The van der Waals surface area contributed by atoms with E-state index in [0.29, 0.717) is 16.4 Å². The maximum atomic E-state index is 12.6. The molecule has 1 aromatic heterocycles. The van der Waals surface area contributed by atoms with Crippen molar-refractivity contribution in [3.05, 3.63) is 58.8 Å². The van der Waals surface area contributed by atoms with E-state index in [2.05, 4.69) is 4.98 Å². The molecule has 4 aromatic rings. The molecule has 1 heterocycles. The molecule has 0 aliphatic rings. The number of aromatic nitrogens is 1. The number of hydrogen-bond acceptors (Lipinski definition) is 3. The zero-order valence-corrected chi connectivity index (χ0v) is 10.9. The van der Waals surface area contributed by atoms with E-state index in [4.69, 9.17) is 0 Å². The largest absolute Gasteiger partial charge is 0.508 e. The normalized spacial score (nSPS) is 11.4. The van der Waals surface area contributed by atoms with Crippen LogP contribution in [0.4, 0.5) is 0 Å². The Labute approximate surface area is 118 Å². The van der Waals surface area contributed by atoms with Gasteiger partial charge < -0.3 is 15.2 Å². The van der Waals surface area contributed by atoms with Gasteiger partial charge in [0.2, 0.25) is 5.43 Å². The van der Waals surface area contributed by atoms with Crippen molar-refractivity contribution in [3.63, 3.8) is 0 Å². The first-order valence-corrected chi connectivity index (χ1v) is 6.54. The van der Waals surface area contributed by atoms with Crippen LogP contribution in [0.25, 0.3) is 32.6 Å². The van der Waals surface area contributed by atoms with Crippen molar-refractivity contribution in [2.45, 2.75) is 0 Å². The van der Waals surface area contributed by atoms with Gasteiger partial charge in [0.1, 0.15) is 11.5 Å². The smallest absolute Gasteiger partial charge is 0.200 e. The molecule has 21 heavy (non-hydrogen) atoms. The van der Waals surface area contributed by atoms with Gasteiger partial charge in [-0.2, -0.15) is 0 Å². The molecule has 0 spiro atoms. The van der Waals surface area contributed by atoms with Crippen molar-refractivity contribution < 1.29 is 10.2 Å². The van der Waals surface area contributed by atoms with Crippen LogP contribution in [0, 0.1) is 0 Å². The number of fused-ring (bicyclic) bond motifs is 3. The van der Waals surface area contributed by atoms with Gasteiger partial charge >= 0.3 is 0 Å². The van der Waals surface area contributed by atoms with Crippen LogP contribution in [0.1, 0.15) is 0 Å². The lowest BCUT2D eigenvalue weighted by Crippen LogP contribution is -2.04. The minimum atomic E-state index is -0.248. The third-order valence-corrected chi connectivity index (χ3v) is 3.73. The highest BCUT2D eigenvalue weighted by Gasteiger charge is 2.11. The van der Waals surface area contributed by atoms with E-state index in [0.717, 1.165) is 10.8 Å². The highest BCUT2D eigenvalue weighted by atomic mass is 16.3. The SMILES string of the molecule is O=c1c2cc3ccccc3cc2[nH]c2cc(O)cc(O)c12. The molecular formula is C17H11NO3. The number of aromatic amines is 1. The number of H-pyrrole nitrogens is 1. The molecule has 0 unspecified atom stereocenters. The molecule has 0 aliphatic heterocycles. The molecule has 0 fully saturated rings. The predicted molar refractivity (Wildman–Crippen MR) is 82.9 cm³/mol. The van der Waals surface area contributed by atoms with Gasteiger partial charge in [-0.05, 0) is 22.9 Å². The van der Waals surface area contributed by atoms with Gasteiger partial charge in [-0.25, -0.2) is 0 Å². The lowest BCUT2D eigenvalue weighted by Gasteiger charge is -2.07. The van der Waals surface area contributed by atoms with Crippen molar-refractivity contribution >= 4 is 32.6 Å². The second-order valence-corrected chi connectivity index (χ2v) is 5.09. The third-order valence-electron chi connectivity index (χ3n) is 3.73. The van der Waals surface area contributed by atoms with E-state index in [9.17, 15) is 15.0 Å². The Morgan fingerprint density at radius 3 is 2.33 bits per heavy atom. The van der Waals surface area contributed by atoms with Crippen molar-refractivity contribution in [3.8, 4) is 11.5 Å². The number of hydrogen-bond donors (Lipinski definition) is 3. The highest BCUT2D eigenvalue weighted by Crippen LogP contribution is 2.29. The van der Waals surface area contributed by atoms with Gasteiger partial charge in [0, 0.05) is 17.5 Å². The topological polar surface area (TPSA) is 73.3 Å². The molecule has 102 valence electrons. The molecule has 0 amide bonds. The number of nitrogens with one attached hydrogen (secondary N) is 1. The van der Waals surface area contributed by atoms with Crippen LogP contribution < -0.4 is 5.43 Å². The first-order chi connectivity index (χ1) is 10.1. The summed E-state index contributed by atoms with van der Waals surface area (Å²) in [4.78, 5) is 15.7. The average Bonchev–Trinajstić information content (AvgIpc) is 2.45. The zero-order valence-electron chi connectivity index (χ0n) is 10.9. The van der Waals surface area contributed by atoms with Gasteiger partial charge in [0.25, 0.3) is 0 Å². The fourth-order valence-electron chi connectivity index (χ4n) is 2.76. The maximum absolute atomic E-state index is 12.6. The average molecular weight is 277 g/mol. The Morgan fingerprint density at radius 2 is 1.57 bits per heavy atom. The summed E-state index contributed by atoms with van der Waals surface area (Å²) in [5.41, 5.74) is 0.846. The fraction of sp³-hybridized carbons (Fsp3) is 0. The van der Waals surface area contributed by atoms with Crippen molar-refractivity contribution in [2.75, 3.05) is 0 Å². The van der Waals surface area contributed by atoms with E-state index in [-0.39, 0.29) is 22.3 Å².